The van der Waals surface area contributed by atoms with Crippen LogP contribution in [0.25, 0.3) is 0 Å². The number of fused-ring (bicyclic) bond motifs is 1. The molecule has 3 aliphatic rings. The maximum Gasteiger partial charge on any atom is 0.300 e. The third kappa shape index (κ3) is 8.71. The summed E-state index contributed by atoms with van der Waals surface area (Å²) in [5, 5.41) is 28.5. The van der Waals surface area contributed by atoms with Crippen LogP contribution >= 0.6 is 11.8 Å². The Hall–Kier alpha value is -1.65. The molecule has 0 radical (unpaired) electrons. The number of hydrogen-bond acceptors (Lipinski definition) is 7. The van der Waals surface area contributed by atoms with E-state index in [0.29, 0.717) is 5.92 Å². The van der Waals surface area contributed by atoms with Crippen molar-refractivity contribution in [3.8, 4) is 0 Å². The molecule has 0 saturated carbocycles. The van der Waals surface area contributed by atoms with Crippen molar-refractivity contribution >= 4 is 23.7 Å². The molecule has 0 bridgehead atoms. The molecule has 0 aliphatic carbocycles. The average molecular weight is 470 g/mol. The summed E-state index contributed by atoms with van der Waals surface area (Å²) in [7, 11) is 2.16. The van der Waals surface area contributed by atoms with E-state index in [4.69, 9.17) is 19.8 Å². The van der Waals surface area contributed by atoms with Crippen molar-refractivity contribution in [2.45, 2.75) is 75.9 Å². The number of carbonyl (C=O) groups is 2. The zero-order chi connectivity index (χ0) is 23.5. The van der Waals surface area contributed by atoms with E-state index in [9.17, 15) is 0 Å². The molecule has 3 aliphatic heterocycles. The highest BCUT2D eigenvalue weighted by Gasteiger charge is 2.33. The van der Waals surface area contributed by atoms with E-state index in [1.54, 1.807) is 0 Å². The lowest BCUT2D eigenvalue weighted by Crippen LogP contribution is -2.48. The quantitative estimate of drug-likeness (QED) is 0.572. The molecule has 3 N–H and O–H groups in total. The number of hydrogen-bond donors (Lipinski definition) is 3. The predicted molar refractivity (Wildman–Crippen MR) is 125 cm³/mol. The van der Waals surface area contributed by atoms with Crippen molar-refractivity contribution in [3.05, 3.63) is 5.82 Å². The van der Waals surface area contributed by atoms with Gasteiger partial charge in [-0.15, -0.1) is 10.2 Å². The van der Waals surface area contributed by atoms with Crippen LogP contribution in [0.4, 0.5) is 0 Å². The molecule has 1 aromatic heterocycles. The Bertz CT molecular complexity index is 701. The smallest absolute Gasteiger partial charge is 0.300 e. The van der Waals surface area contributed by atoms with Gasteiger partial charge in [-0.1, -0.05) is 18.2 Å². The number of aliphatic carboxylic acids is 2. The molecule has 3 fully saturated rings. The van der Waals surface area contributed by atoms with Gasteiger partial charge in [0.25, 0.3) is 11.9 Å². The third-order valence-electron chi connectivity index (χ3n) is 6.23. The number of carboxylic acids is 2. The standard InChI is InChI=1S/C18H31N5S.2C2H4O2/c1-22-17(14-7-9-19-10-8-14)20-21-18(22)24-13-15-5-4-12-23-11-3-2-6-16(15)23;2*1-2(3)4/h14-16,19H,2-13H2,1H3;2*1H3,(H,3,4)/t15-,16+;;/m0../s1. The number of rotatable bonds is 4. The Labute approximate surface area is 195 Å². The van der Waals surface area contributed by atoms with Gasteiger partial charge in [0.1, 0.15) is 5.82 Å². The van der Waals surface area contributed by atoms with E-state index in [-0.39, 0.29) is 0 Å². The topological polar surface area (TPSA) is 121 Å². The fourth-order valence-corrected chi connectivity index (χ4v) is 5.98. The minimum atomic E-state index is -0.833. The van der Waals surface area contributed by atoms with Gasteiger partial charge in [0.2, 0.25) is 0 Å². The first-order valence-corrected chi connectivity index (χ1v) is 12.6. The lowest BCUT2D eigenvalue weighted by molar-refractivity contribution is -0.135. The van der Waals surface area contributed by atoms with Crippen LogP contribution < -0.4 is 5.32 Å². The zero-order valence-corrected chi connectivity index (χ0v) is 20.4. The highest BCUT2D eigenvalue weighted by atomic mass is 32.2. The molecular formula is C22H39N5O4S. The van der Waals surface area contributed by atoms with Gasteiger partial charge < -0.3 is 25.0 Å². The number of carboxylic acid groups (broad SMARTS) is 2. The molecule has 182 valence electrons. The van der Waals surface area contributed by atoms with E-state index < -0.39 is 11.9 Å². The minimum absolute atomic E-state index is 0.585. The van der Waals surface area contributed by atoms with E-state index in [2.05, 4.69) is 32.0 Å². The van der Waals surface area contributed by atoms with Gasteiger partial charge in [0, 0.05) is 38.6 Å². The van der Waals surface area contributed by atoms with Crippen LogP contribution in [0.2, 0.25) is 0 Å². The van der Waals surface area contributed by atoms with Crippen LogP contribution in [0, 0.1) is 5.92 Å². The van der Waals surface area contributed by atoms with Crippen LogP contribution in [-0.4, -0.2) is 79.8 Å². The first-order chi connectivity index (χ1) is 15.3. The van der Waals surface area contributed by atoms with Crippen molar-refractivity contribution in [1.29, 1.82) is 0 Å². The molecule has 9 nitrogen and oxygen atoms in total. The number of aromatic nitrogens is 3. The van der Waals surface area contributed by atoms with E-state index in [0.717, 1.165) is 44.1 Å². The van der Waals surface area contributed by atoms with Crippen LogP contribution in [0.15, 0.2) is 5.16 Å². The fourth-order valence-electron chi connectivity index (χ4n) is 4.84. The lowest BCUT2D eigenvalue weighted by Gasteiger charge is -2.44. The molecule has 3 saturated heterocycles. The molecule has 0 aromatic carbocycles. The molecular weight excluding hydrogens is 430 g/mol. The molecule has 0 spiro atoms. The summed E-state index contributed by atoms with van der Waals surface area (Å²) < 4.78 is 2.27. The van der Waals surface area contributed by atoms with Crippen molar-refractivity contribution in [2.75, 3.05) is 31.9 Å². The number of piperidine rings is 3. The molecule has 1 aromatic rings. The van der Waals surface area contributed by atoms with Gasteiger partial charge >= 0.3 is 0 Å². The van der Waals surface area contributed by atoms with E-state index in [1.165, 1.54) is 69.6 Å². The maximum atomic E-state index is 9.00. The molecule has 10 heteroatoms. The second-order valence-corrected chi connectivity index (χ2v) is 9.76. The maximum absolute atomic E-state index is 9.00. The molecule has 4 rings (SSSR count). The van der Waals surface area contributed by atoms with Crippen molar-refractivity contribution in [1.82, 2.24) is 25.0 Å². The summed E-state index contributed by atoms with van der Waals surface area (Å²) in [6.07, 6.45) is 9.39. The largest absolute Gasteiger partial charge is 0.481 e. The molecule has 4 heterocycles. The summed E-state index contributed by atoms with van der Waals surface area (Å²) in [5.74, 6) is 2.16. The van der Waals surface area contributed by atoms with Gasteiger partial charge in [0.05, 0.1) is 0 Å². The summed E-state index contributed by atoms with van der Waals surface area (Å²) in [4.78, 5) is 20.8. The Balaban J connectivity index is 0.000000395. The molecule has 0 amide bonds. The normalized spacial score (nSPS) is 23.7. The van der Waals surface area contributed by atoms with E-state index >= 15 is 0 Å². The first-order valence-electron chi connectivity index (χ1n) is 11.7. The highest BCUT2D eigenvalue weighted by Crippen LogP contribution is 2.35. The number of nitrogens with zero attached hydrogens (tertiary/aromatic N) is 4. The van der Waals surface area contributed by atoms with Crippen LogP contribution in [0.3, 0.4) is 0 Å². The third-order valence-corrected chi connectivity index (χ3v) is 7.44. The van der Waals surface area contributed by atoms with Crippen molar-refractivity contribution in [2.24, 2.45) is 13.0 Å². The second kappa shape index (κ2) is 13.8. The number of nitrogens with one attached hydrogen (secondary N) is 1. The summed E-state index contributed by atoms with van der Waals surface area (Å²) in [6.45, 7) is 7.05. The molecule has 2 atom stereocenters. The van der Waals surface area contributed by atoms with Gasteiger partial charge in [-0.3, -0.25) is 9.59 Å². The average Bonchev–Trinajstić information content (AvgIpc) is 3.12. The Morgan fingerprint density at radius 2 is 1.62 bits per heavy atom. The van der Waals surface area contributed by atoms with Crippen LogP contribution in [-0.2, 0) is 16.6 Å². The fraction of sp³-hybridized carbons (Fsp3) is 0.818. The monoisotopic (exact) mass is 469 g/mol. The Kier molecular flexibility index (Phi) is 11.5. The Morgan fingerprint density at radius 3 is 2.28 bits per heavy atom. The number of thioether (sulfide) groups is 1. The summed E-state index contributed by atoms with van der Waals surface area (Å²) in [6, 6.07) is 0.831. The van der Waals surface area contributed by atoms with Gasteiger partial charge in [0.15, 0.2) is 5.16 Å². The van der Waals surface area contributed by atoms with Gasteiger partial charge in [-0.05, 0) is 70.6 Å². The molecule has 32 heavy (non-hydrogen) atoms. The zero-order valence-electron chi connectivity index (χ0n) is 19.6. The highest BCUT2D eigenvalue weighted by molar-refractivity contribution is 7.99. The van der Waals surface area contributed by atoms with Crippen molar-refractivity contribution in [3.63, 3.8) is 0 Å². The van der Waals surface area contributed by atoms with Crippen LogP contribution in [0.5, 0.6) is 0 Å². The lowest BCUT2D eigenvalue weighted by atomic mass is 9.85. The predicted octanol–water partition coefficient (Wildman–Crippen LogP) is 2.82. The minimum Gasteiger partial charge on any atom is -0.481 e. The van der Waals surface area contributed by atoms with Gasteiger partial charge in [-0.25, -0.2) is 0 Å². The van der Waals surface area contributed by atoms with Crippen LogP contribution in [0.1, 0.15) is 70.5 Å². The SMILES string of the molecule is CC(=O)O.CC(=O)O.Cn1c(SC[C@@H]2CCCN3CCCC[C@H]23)nnc1C1CCNCC1. The van der Waals surface area contributed by atoms with E-state index in [1.807, 2.05) is 11.8 Å². The second-order valence-electron chi connectivity index (χ2n) is 8.77. The first kappa shape index (κ1) is 26.6. The molecule has 0 unspecified atom stereocenters. The Morgan fingerprint density at radius 1 is 1.00 bits per heavy atom. The summed E-state index contributed by atoms with van der Waals surface area (Å²) >= 11 is 1.94. The van der Waals surface area contributed by atoms with Gasteiger partial charge in [-0.2, -0.15) is 0 Å². The van der Waals surface area contributed by atoms with Crippen molar-refractivity contribution < 1.29 is 19.8 Å². The summed E-state index contributed by atoms with van der Waals surface area (Å²) in [5.41, 5.74) is 0.